The summed E-state index contributed by atoms with van der Waals surface area (Å²) in [4.78, 5) is 38.5. The Bertz CT molecular complexity index is 1250. The molecule has 0 amide bonds. The molecule has 0 N–H and O–H groups in total. The fourth-order valence-corrected chi connectivity index (χ4v) is 11.5. The summed E-state index contributed by atoms with van der Waals surface area (Å²) >= 11 is 0. The van der Waals surface area contributed by atoms with Gasteiger partial charge in [-0.25, -0.2) is 0 Å². The SMILES string of the molecule is CCCCCCCCC/C=C\CCCCCCCC(=O)OCC(COC(=O)CCCCCCCCCCCCCCCCCCCCCCCCCCC)OC(=O)CCCCCCCCCCCCCCCCCCCCCCC. The minimum atomic E-state index is -0.770. The van der Waals surface area contributed by atoms with Crippen molar-refractivity contribution in [2.24, 2.45) is 0 Å². The second-order valence-corrected chi connectivity index (χ2v) is 25.2. The Kier molecular flexibility index (Phi) is 68.0. The number of carbonyl (C=O) groups is 3. The highest BCUT2D eigenvalue weighted by molar-refractivity contribution is 5.71. The summed E-state index contributed by atoms with van der Waals surface area (Å²) in [5, 5.41) is 0. The second-order valence-electron chi connectivity index (χ2n) is 25.2. The van der Waals surface area contributed by atoms with Crippen molar-refractivity contribution in [3.8, 4) is 0 Å². The summed E-state index contributed by atoms with van der Waals surface area (Å²) in [6.07, 6.45) is 83.9. The third kappa shape index (κ3) is 66.9. The van der Waals surface area contributed by atoms with Gasteiger partial charge in [-0.1, -0.05) is 373 Å². The van der Waals surface area contributed by atoms with Gasteiger partial charge >= 0.3 is 17.9 Å². The first-order valence-electron chi connectivity index (χ1n) is 36.7. The maximum Gasteiger partial charge on any atom is 0.306 e. The summed E-state index contributed by atoms with van der Waals surface area (Å²) in [6.45, 7) is 6.73. The quantitative estimate of drug-likeness (QED) is 0.0261. The van der Waals surface area contributed by atoms with E-state index in [1.165, 1.54) is 321 Å². The summed E-state index contributed by atoms with van der Waals surface area (Å²) in [7, 11) is 0. The summed E-state index contributed by atoms with van der Waals surface area (Å²) < 4.78 is 17.0. The average molecular weight is 1130 g/mol. The predicted octanol–water partition coefficient (Wildman–Crippen LogP) is 25.2. The van der Waals surface area contributed by atoms with Crippen molar-refractivity contribution in [3.63, 3.8) is 0 Å². The molecule has 6 nitrogen and oxygen atoms in total. The Hall–Kier alpha value is -1.85. The number of carbonyl (C=O) groups excluding carboxylic acids is 3. The minimum absolute atomic E-state index is 0.0654. The van der Waals surface area contributed by atoms with E-state index in [4.69, 9.17) is 14.2 Å². The second kappa shape index (κ2) is 69.6. The molecule has 0 aliphatic rings. The maximum atomic E-state index is 13.0. The first-order chi connectivity index (χ1) is 39.5. The number of hydrogen-bond acceptors (Lipinski definition) is 6. The summed E-state index contributed by atoms with van der Waals surface area (Å²) in [5.41, 5.74) is 0. The van der Waals surface area contributed by atoms with Crippen LogP contribution in [0.15, 0.2) is 12.2 Å². The zero-order chi connectivity index (χ0) is 57.8. The van der Waals surface area contributed by atoms with E-state index in [0.29, 0.717) is 19.3 Å². The van der Waals surface area contributed by atoms with E-state index in [0.717, 1.165) is 64.2 Å². The van der Waals surface area contributed by atoms with Crippen molar-refractivity contribution < 1.29 is 28.6 Å². The van der Waals surface area contributed by atoms with E-state index in [9.17, 15) is 14.4 Å². The largest absolute Gasteiger partial charge is 0.462 e. The molecule has 0 aliphatic heterocycles. The van der Waals surface area contributed by atoms with Crippen LogP contribution in [-0.2, 0) is 28.6 Å². The highest BCUT2D eigenvalue weighted by Crippen LogP contribution is 2.19. The average Bonchev–Trinajstić information content (AvgIpc) is 3.46. The van der Waals surface area contributed by atoms with E-state index in [1.807, 2.05) is 0 Å². The zero-order valence-corrected chi connectivity index (χ0v) is 54.6. The van der Waals surface area contributed by atoms with Gasteiger partial charge in [0.05, 0.1) is 0 Å². The molecule has 80 heavy (non-hydrogen) atoms. The smallest absolute Gasteiger partial charge is 0.306 e. The molecular weight excluding hydrogens is 985 g/mol. The van der Waals surface area contributed by atoms with Crippen molar-refractivity contribution in [1.29, 1.82) is 0 Å². The molecule has 474 valence electrons. The third-order valence-corrected chi connectivity index (χ3v) is 17.0. The van der Waals surface area contributed by atoms with Gasteiger partial charge in [-0.3, -0.25) is 14.4 Å². The Labute approximate surface area is 501 Å². The molecule has 0 spiro atoms. The van der Waals surface area contributed by atoms with Gasteiger partial charge in [0.15, 0.2) is 6.10 Å². The number of unbranched alkanes of at least 4 members (excludes halogenated alkanes) is 56. The standard InChI is InChI=1S/C74H142O6/c1-4-7-10-13-16-19-22-25-28-31-33-35-36-37-38-40-41-43-46-49-52-55-58-61-64-67-73(76)79-70-71(69-78-72(75)66-63-60-57-54-51-48-45-30-27-24-21-18-15-12-9-6-3)80-74(77)68-65-62-59-56-53-50-47-44-42-39-34-32-29-26-23-20-17-14-11-8-5-2/h30,45,71H,4-29,31-44,46-70H2,1-3H3/b45-30-. The van der Waals surface area contributed by atoms with Crippen molar-refractivity contribution in [2.75, 3.05) is 13.2 Å². The van der Waals surface area contributed by atoms with Crippen LogP contribution in [-0.4, -0.2) is 37.2 Å². The molecule has 0 aromatic heterocycles. The Morgan fingerprint density at radius 1 is 0.237 bits per heavy atom. The molecular formula is C74H142O6. The van der Waals surface area contributed by atoms with Gasteiger partial charge in [0.25, 0.3) is 0 Å². The van der Waals surface area contributed by atoms with Gasteiger partial charge in [-0.05, 0) is 44.9 Å². The van der Waals surface area contributed by atoms with Crippen LogP contribution in [0.2, 0.25) is 0 Å². The highest BCUT2D eigenvalue weighted by atomic mass is 16.6. The molecule has 1 atom stereocenters. The first-order valence-corrected chi connectivity index (χ1v) is 36.7. The van der Waals surface area contributed by atoms with Crippen LogP contribution in [0.1, 0.15) is 425 Å². The van der Waals surface area contributed by atoms with Gasteiger partial charge < -0.3 is 14.2 Å². The van der Waals surface area contributed by atoms with Crippen LogP contribution in [0.4, 0.5) is 0 Å². The maximum absolute atomic E-state index is 13.0. The van der Waals surface area contributed by atoms with Crippen LogP contribution >= 0.6 is 0 Å². The fourth-order valence-electron chi connectivity index (χ4n) is 11.5. The third-order valence-electron chi connectivity index (χ3n) is 17.0. The zero-order valence-electron chi connectivity index (χ0n) is 54.6. The van der Waals surface area contributed by atoms with Crippen LogP contribution in [0.5, 0.6) is 0 Å². The Morgan fingerprint density at radius 3 is 0.625 bits per heavy atom. The molecule has 0 aromatic carbocycles. The van der Waals surface area contributed by atoms with E-state index in [1.54, 1.807) is 0 Å². The lowest BCUT2D eigenvalue weighted by atomic mass is 10.0. The number of ether oxygens (including phenoxy) is 3. The lowest BCUT2D eigenvalue weighted by Crippen LogP contribution is -2.30. The van der Waals surface area contributed by atoms with Crippen LogP contribution < -0.4 is 0 Å². The van der Waals surface area contributed by atoms with E-state index < -0.39 is 6.10 Å². The topological polar surface area (TPSA) is 78.9 Å². The first kappa shape index (κ1) is 78.1. The molecule has 0 radical (unpaired) electrons. The summed E-state index contributed by atoms with van der Waals surface area (Å²) in [6, 6.07) is 0. The van der Waals surface area contributed by atoms with Crippen LogP contribution in [0, 0.1) is 0 Å². The van der Waals surface area contributed by atoms with Crippen molar-refractivity contribution in [2.45, 2.75) is 431 Å². The van der Waals surface area contributed by atoms with E-state index in [-0.39, 0.29) is 31.1 Å². The summed E-state index contributed by atoms with van der Waals surface area (Å²) in [5.74, 6) is -0.836. The molecule has 1 unspecified atom stereocenters. The normalized spacial score (nSPS) is 12.0. The van der Waals surface area contributed by atoms with E-state index in [2.05, 4.69) is 32.9 Å². The molecule has 0 saturated heterocycles. The number of hydrogen-bond donors (Lipinski definition) is 0. The number of allylic oxidation sites excluding steroid dienone is 2. The monoisotopic (exact) mass is 1130 g/mol. The highest BCUT2D eigenvalue weighted by Gasteiger charge is 2.20. The molecule has 0 aromatic rings. The van der Waals surface area contributed by atoms with Crippen molar-refractivity contribution in [3.05, 3.63) is 12.2 Å². The number of rotatable bonds is 69. The van der Waals surface area contributed by atoms with Gasteiger partial charge in [0.1, 0.15) is 13.2 Å². The fraction of sp³-hybridized carbons (Fsp3) is 0.932. The molecule has 0 rings (SSSR count). The van der Waals surface area contributed by atoms with Crippen LogP contribution in [0.3, 0.4) is 0 Å². The van der Waals surface area contributed by atoms with Gasteiger partial charge in [-0.15, -0.1) is 0 Å². The lowest BCUT2D eigenvalue weighted by molar-refractivity contribution is -0.167. The number of esters is 3. The Morgan fingerprint density at radius 2 is 0.412 bits per heavy atom. The lowest BCUT2D eigenvalue weighted by Gasteiger charge is -2.18. The molecule has 0 heterocycles. The molecule has 0 saturated carbocycles. The van der Waals surface area contributed by atoms with Crippen LogP contribution in [0.25, 0.3) is 0 Å². The molecule has 0 bridgehead atoms. The Balaban J connectivity index is 4.24. The van der Waals surface area contributed by atoms with Crippen molar-refractivity contribution >= 4 is 17.9 Å². The molecule has 6 heteroatoms. The van der Waals surface area contributed by atoms with Gasteiger partial charge in [-0.2, -0.15) is 0 Å². The predicted molar refractivity (Wildman–Crippen MR) is 349 cm³/mol. The van der Waals surface area contributed by atoms with Gasteiger partial charge in [0, 0.05) is 19.3 Å². The van der Waals surface area contributed by atoms with E-state index >= 15 is 0 Å². The molecule has 0 aliphatic carbocycles. The van der Waals surface area contributed by atoms with Gasteiger partial charge in [0.2, 0.25) is 0 Å². The minimum Gasteiger partial charge on any atom is -0.462 e. The van der Waals surface area contributed by atoms with Crippen molar-refractivity contribution in [1.82, 2.24) is 0 Å². The molecule has 0 fully saturated rings.